The molecule has 0 bridgehead atoms. The Morgan fingerprint density at radius 3 is 2.85 bits per heavy atom. The third kappa shape index (κ3) is 2.80. The summed E-state index contributed by atoms with van der Waals surface area (Å²) in [7, 11) is 0. The predicted molar refractivity (Wildman–Crippen MR) is 89.7 cm³/mol. The molecule has 1 nitrogen and oxygen atoms in total. The van der Waals surface area contributed by atoms with E-state index in [-0.39, 0.29) is 0 Å². The normalized spacial score (nSPS) is 23.4. The highest BCUT2D eigenvalue weighted by Gasteiger charge is 2.27. The van der Waals surface area contributed by atoms with Crippen LogP contribution in [0.4, 0.5) is 0 Å². The van der Waals surface area contributed by atoms with Gasteiger partial charge in [-0.05, 0) is 48.4 Å². The van der Waals surface area contributed by atoms with Crippen molar-refractivity contribution in [3.63, 3.8) is 0 Å². The molecule has 0 amide bonds. The third-order valence-electron chi connectivity index (χ3n) is 4.02. The molecule has 2 unspecified atom stereocenters. The van der Waals surface area contributed by atoms with Crippen molar-refractivity contribution in [3.8, 4) is 0 Å². The average molecular weight is 303 g/mol. The predicted octanol–water partition coefficient (Wildman–Crippen LogP) is 5.33. The first kappa shape index (κ1) is 14.2. The summed E-state index contributed by atoms with van der Waals surface area (Å²) in [5.74, 6) is 0. The van der Waals surface area contributed by atoms with Gasteiger partial charge in [0.1, 0.15) is 0 Å². The van der Waals surface area contributed by atoms with E-state index in [1.54, 1.807) is 0 Å². The lowest BCUT2D eigenvalue weighted by atomic mass is 9.99. The van der Waals surface area contributed by atoms with E-state index in [2.05, 4.69) is 61.8 Å². The van der Waals surface area contributed by atoms with E-state index in [1.165, 1.54) is 27.3 Å². The van der Waals surface area contributed by atoms with Gasteiger partial charge >= 0.3 is 0 Å². The number of benzene rings is 1. The first-order valence-electron chi connectivity index (χ1n) is 7.20. The molecular formula is C17H21NS2. The molecule has 0 saturated carbocycles. The smallest absolute Gasteiger partial charge is 0.0649 e. The van der Waals surface area contributed by atoms with Crippen LogP contribution in [-0.4, -0.2) is 5.25 Å². The van der Waals surface area contributed by atoms with Gasteiger partial charge in [-0.3, -0.25) is 0 Å². The fourth-order valence-electron chi connectivity index (χ4n) is 2.97. The molecule has 3 heteroatoms. The van der Waals surface area contributed by atoms with E-state index in [4.69, 9.17) is 0 Å². The van der Waals surface area contributed by atoms with Crippen LogP contribution in [0.15, 0.2) is 39.9 Å². The van der Waals surface area contributed by atoms with Crippen LogP contribution >= 0.6 is 23.1 Å². The van der Waals surface area contributed by atoms with Gasteiger partial charge in [-0.15, -0.1) is 23.1 Å². The molecule has 1 N–H and O–H groups in total. The molecule has 3 rings (SSSR count). The second kappa shape index (κ2) is 5.92. The summed E-state index contributed by atoms with van der Waals surface area (Å²) in [5, 5.41) is 6.76. The molecule has 20 heavy (non-hydrogen) atoms. The number of rotatable bonds is 3. The first-order valence-corrected chi connectivity index (χ1v) is 8.96. The number of nitrogens with one attached hydrogen (secondary N) is 1. The molecule has 106 valence electrons. The van der Waals surface area contributed by atoms with Gasteiger partial charge in [0.25, 0.3) is 0 Å². The Kier molecular flexibility index (Phi) is 4.20. The fraction of sp³-hybridized carbons (Fsp3) is 0.412. The van der Waals surface area contributed by atoms with Gasteiger partial charge in [0.15, 0.2) is 0 Å². The number of thiophene rings is 1. The van der Waals surface area contributed by atoms with Crippen molar-refractivity contribution in [2.45, 2.75) is 48.7 Å². The van der Waals surface area contributed by atoms with Gasteiger partial charge in [-0.2, -0.15) is 0 Å². The molecule has 2 aromatic rings. The molecule has 0 aliphatic carbocycles. The van der Waals surface area contributed by atoms with Gasteiger partial charge in [0.2, 0.25) is 0 Å². The minimum Gasteiger partial charge on any atom is -0.303 e. The third-order valence-corrected chi connectivity index (χ3v) is 6.36. The maximum absolute atomic E-state index is 3.84. The molecule has 1 aliphatic heterocycles. The molecular weight excluding hydrogens is 282 g/mol. The van der Waals surface area contributed by atoms with Crippen LogP contribution in [-0.2, 0) is 0 Å². The van der Waals surface area contributed by atoms with Gasteiger partial charge in [0, 0.05) is 17.3 Å². The summed E-state index contributed by atoms with van der Waals surface area (Å²) in [6.45, 7) is 6.81. The number of fused-ring (bicyclic) bond motifs is 1. The average Bonchev–Trinajstić information content (AvgIpc) is 2.87. The van der Waals surface area contributed by atoms with E-state index >= 15 is 0 Å². The Balaban J connectivity index is 1.80. The molecule has 2 heterocycles. The highest BCUT2D eigenvalue weighted by atomic mass is 32.2. The van der Waals surface area contributed by atoms with Crippen molar-refractivity contribution in [3.05, 3.63) is 52.4 Å². The van der Waals surface area contributed by atoms with Crippen LogP contribution in [0.25, 0.3) is 0 Å². The van der Waals surface area contributed by atoms with Crippen LogP contribution in [0.1, 0.15) is 49.0 Å². The van der Waals surface area contributed by atoms with Crippen molar-refractivity contribution >= 4 is 23.1 Å². The molecule has 0 spiro atoms. The van der Waals surface area contributed by atoms with Crippen molar-refractivity contribution in [2.24, 2.45) is 0 Å². The van der Waals surface area contributed by atoms with Crippen LogP contribution in [0.2, 0.25) is 0 Å². The molecule has 0 fully saturated rings. The SMILES string of the molecule is Cc1ccccc1C(C)NC1C[C@H](C)Sc2sccc21. The maximum Gasteiger partial charge on any atom is 0.0649 e. The van der Waals surface area contributed by atoms with E-state index < -0.39 is 0 Å². The Bertz CT molecular complexity index is 590. The van der Waals surface area contributed by atoms with Crippen LogP contribution in [0, 0.1) is 6.92 Å². The van der Waals surface area contributed by atoms with Crippen LogP contribution < -0.4 is 5.32 Å². The second-order valence-electron chi connectivity index (χ2n) is 5.63. The highest BCUT2D eigenvalue weighted by molar-refractivity contribution is 8.01. The lowest BCUT2D eigenvalue weighted by Gasteiger charge is -2.30. The Morgan fingerprint density at radius 1 is 1.25 bits per heavy atom. The number of hydrogen-bond donors (Lipinski definition) is 1. The van der Waals surface area contributed by atoms with Gasteiger partial charge in [-0.25, -0.2) is 0 Å². The Labute approximate surface area is 129 Å². The standard InChI is InChI=1S/C17H21NS2/c1-11-6-4-5-7-14(11)13(3)18-16-10-12(2)20-17-15(16)8-9-19-17/h4-9,12-13,16,18H,10H2,1-3H3/t12-,13?,16?/m0/s1. The van der Waals surface area contributed by atoms with Crippen molar-refractivity contribution in [2.75, 3.05) is 0 Å². The van der Waals surface area contributed by atoms with Crippen molar-refractivity contribution in [1.29, 1.82) is 0 Å². The van der Waals surface area contributed by atoms with E-state index in [1.807, 2.05) is 23.1 Å². The lowest BCUT2D eigenvalue weighted by molar-refractivity contribution is 0.434. The molecule has 0 saturated heterocycles. The molecule has 1 aromatic carbocycles. The van der Waals surface area contributed by atoms with Gasteiger partial charge in [-0.1, -0.05) is 31.2 Å². The number of thioether (sulfide) groups is 1. The minimum absolute atomic E-state index is 0.393. The Morgan fingerprint density at radius 2 is 2.05 bits per heavy atom. The summed E-state index contributed by atoms with van der Waals surface area (Å²) in [6, 6.07) is 11.9. The first-order chi connectivity index (χ1) is 9.65. The minimum atomic E-state index is 0.393. The summed E-state index contributed by atoms with van der Waals surface area (Å²) in [5.41, 5.74) is 4.28. The van der Waals surface area contributed by atoms with Crippen molar-refractivity contribution < 1.29 is 0 Å². The Hall–Kier alpha value is -0.770. The summed E-state index contributed by atoms with van der Waals surface area (Å²) < 4.78 is 1.50. The zero-order valence-electron chi connectivity index (χ0n) is 12.2. The summed E-state index contributed by atoms with van der Waals surface area (Å²) in [6.07, 6.45) is 1.21. The monoisotopic (exact) mass is 303 g/mol. The van der Waals surface area contributed by atoms with Gasteiger partial charge < -0.3 is 5.32 Å². The van der Waals surface area contributed by atoms with Crippen molar-refractivity contribution in [1.82, 2.24) is 5.32 Å². The maximum atomic E-state index is 3.84. The zero-order valence-corrected chi connectivity index (χ0v) is 13.9. The molecule has 3 atom stereocenters. The quantitative estimate of drug-likeness (QED) is 0.822. The van der Waals surface area contributed by atoms with E-state index in [0.717, 1.165) is 0 Å². The van der Waals surface area contributed by atoms with E-state index in [0.29, 0.717) is 17.3 Å². The largest absolute Gasteiger partial charge is 0.303 e. The number of aryl methyl sites for hydroxylation is 1. The number of hydrogen-bond acceptors (Lipinski definition) is 3. The fourth-order valence-corrected chi connectivity index (χ4v) is 5.54. The van der Waals surface area contributed by atoms with Crippen LogP contribution in [0.5, 0.6) is 0 Å². The highest BCUT2D eigenvalue weighted by Crippen LogP contribution is 2.44. The summed E-state index contributed by atoms with van der Waals surface area (Å²) >= 11 is 3.91. The summed E-state index contributed by atoms with van der Waals surface area (Å²) in [4.78, 5) is 0. The molecule has 1 aromatic heterocycles. The zero-order chi connectivity index (χ0) is 14.1. The topological polar surface area (TPSA) is 12.0 Å². The van der Waals surface area contributed by atoms with Crippen LogP contribution in [0.3, 0.4) is 0 Å². The van der Waals surface area contributed by atoms with Gasteiger partial charge in [0.05, 0.1) is 4.21 Å². The lowest BCUT2D eigenvalue weighted by Crippen LogP contribution is -2.29. The molecule has 1 aliphatic rings. The molecule has 0 radical (unpaired) electrons. The van der Waals surface area contributed by atoms with E-state index in [9.17, 15) is 0 Å². The second-order valence-corrected chi connectivity index (χ2v) is 8.25.